The minimum atomic E-state index is -0.0306. The van der Waals surface area contributed by atoms with Gasteiger partial charge in [-0.25, -0.2) is 0 Å². The second kappa shape index (κ2) is 8.97. The van der Waals surface area contributed by atoms with Gasteiger partial charge in [-0.3, -0.25) is 9.69 Å². The molecule has 3 rings (SSSR count). The number of fused-ring (bicyclic) bond motifs is 1. The van der Waals surface area contributed by atoms with Gasteiger partial charge < -0.3 is 19.5 Å². The largest absolute Gasteiger partial charge is 0.497 e. The van der Waals surface area contributed by atoms with Gasteiger partial charge in [0, 0.05) is 26.6 Å². The highest BCUT2D eigenvalue weighted by molar-refractivity contribution is 5.72. The molecule has 150 valence electrons. The summed E-state index contributed by atoms with van der Waals surface area (Å²) in [4.78, 5) is 14.0. The molecule has 28 heavy (non-hydrogen) atoms. The lowest BCUT2D eigenvalue weighted by Gasteiger charge is -2.38. The van der Waals surface area contributed by atoms with Crippen LogP contribution in [0, 0.1) is 0 Å². The summed E-state index contributed by atoms with van der Waals surface area (Å²) in [6, 6.07) is 12.3. The maximum absolute atomic E-state index is 11.6. The van der Waals surface area contributed by atoms with Gasteiger partial charge in [-0.1, -0.05) is 12.1 Å². The van der Waals surface area contributed by atoms with E-state index in [0.717, 1.165) is 31.0 Å². The molecule has 1 aliphatic rings. The number of amides is 1. The number of hydrogen-bond donors (Lipinski definition) is 1. The van der Waals surface area contributed by atoms with Crippen molar-refractivity contribution in [1.29, 1.82) is 0 Å². The van der Waals surface area contributed by atoms with E-state index >= 15 is 0 Å². The Morgan fingerprint density at radius 3 is 2.36 bits per heavy atom. The van der Waals surface area contributed by atoms with Crippen LogP contribution in [-0.4, -0.2) is 45.2 Å². The predicted octanol–water partition coefficient (Wildman–Crippen LogP) is 2.95. The first-order chi connectivity index (χ1) is 13.5. The number of ether oxygens (including phenoxy) is 3. The molecule has 1 heterocycles. The maximum atomic E-state index is 11.6. The molecule has 1 amide bonds. The van der Waals surface area contributed by atoms with Crippen LogP contribution in [0.15, 0.2) is 36.4 Å². The molecule has 0 spiro atoms. The molecule has 0 saturated heterocycles. The second-order valence-electron chi connectivity index (χ2n) is 6.93. The van der Waals surface area contributed by atoms with Crippen molar-refractivity contribution in [3.8, 4) is 17.2 Å². The number of carbonyl (C=O) groups excluding carboxylic acids is 1. The van der Waals surface area contributed by atoms with Crippen molar-refractivity contribution >= 4 is 5.91 Å². The molecule has 0 aliphatic carbocycles. The van der Waals surface area contributed by atoms with Crippen LogP contribution in [-0.2, 0) is 17.8 Å². The third kappa shape index (κ3) is 4.39. The van der Waals surface area contributed by atoms with Crippen LogP contribution >= 0.6 is 0 Å². The quantitative estimate of drug-likeness (QED) is 0.795. The molecule has 0 fully saturated rings. The van der Waals surface area contributed by atoms with Crippen molar-refractivity contribution in [3.63, 3.8) is 0 Å². The van der Waals surface area contributed by atoms with Gasteiger partial charge in [-0.2, -0.15) is 0 Å². The van der Waals surface area contributed by atoms with E-state index in [4.69, 9.17) is 14.2 Å². The zero-order valence-electron chi connectivity index (χ0n) is 17.0. The van der Waals surface area contributed by atoms with E-state index < -0.39 is 0 Å². The zero-order valence-corrected chi connectivity index (χ0v) is 17.0. The third-order valence-corrected chi connectivity index (χ3v) is 5.20. The predicted molar refractivity (Wildman–Crippen MR) is 108 cm³/mol. The van der Waals surface area contributed by atoms with E-state index in [1.807, 2.05) is 18.2 Å². The molecule has 0 aromatic heterocycles. The van der Waals surface area contributed by atoms with Crippen LogP contribution in [0.25, 0.3) is 0 Å². The molecule has 1 atom stereocenters. The first kappa shape index (κ1) is 20.0. The minimum absolute atomic E-state index is 0.0306. The monoisotopic (exact) mass is 384 g/mol. The Balaban J connectivity index is 1.90. The molecule has 1 N–H and O–H groups in total. The SMILES string of the molecule is COc1ccc(CN2CCc3cc(OC)c(OC)cc3[C@H]2CNC(C)=O)cc1. The van der Waals surface area contributed by atoms with E-state index in [9.17, 15) is 4.79 Å². The molecule has 2 aromatic rings. The lowest BCUT2D eigenvalue weighted by atomic mass is 9.91. The number of hydrogen-bond acceptors (Lipinski definition) is 5. The number of rotatable bonds is 7. The van der Waals surface area contributed by atoms with Gasteiger partial charge in [0.2, 0.25) is 5.91 Å². The summed E-state index contributed by atoms with van der Waals surface area (Å²) in [6.07, 6.45) is 0.919. The smallest absolute Gasteiger partial charge is 0.216 e. The van der Waals surface area contributed by atoms with Crippen LogP contribution in [0.2, 0.25) is 0 Å². The molecule has 6 nitrogen and oxygen atoms in total. The van der Waals surface area contributed by atoms with Gasteiger partial charge in [0.15, 0.2) is 11.5 Å². The highest BCUT2D eigenvalue weighted by Crippen LogP contribution is 2.38. The molecule has 2 aromatic carbocycles. The summed E-state index contributed by atoms with van der Waals surface area (Å²) >= 11 is 0. The standard InChI is InChI=1S/C22H28N2O4/c1-15(25)23-13-20-19-12-22(28-4)21(27-3)11-17(19)9-10-24(20)14-16-5-7-18(26-2)8-6-16/h5-8,11-12,20H,9-10,13-14H2,1-4H3,(H,23,25)/t20-/m1/s1. The van der Waals surface area contributed by atoms with E-state index in [1.165, 1.54) is 16.7 Å². The number of carbonyl (C=O) groups is 1. The average Bonchev–Trinajstić information content (AvgIpc) is 2.72. The maximum Gasteiger partial charge on any atom is 0.216 e. The van der Waals surface area contributed by atoms with E-state index in [0.29, 0.717) is 12.3 Å². The van der Waals surface area contributed by atoms with Crippen LogP contribution in [0.3, 0.4) is 0 Å². The van der Waals surface area contributed by atoms with Crippen molar-refractivity contribution in [2.75, 3.05) is 34.4 Å². The Morgan fingerprint density at radius 2 is 1.75 bits per heavy atom. The van der Waals surface area contributed by atoms with Crippen LogP contribution in [0.4, 0.5) is 0 Å². The Labute approximate surface area is 166 Å². The lowest BCUT2D eigenvalue weighted by Crippen LogP contribution is -2.41. The normalized spacial score (nSPS) is 16.2. The molecule has 0 bridgehead atoms. The summed E-state index contributed by atoms with van der Waals surface area (Å²) in [5, 5.41) is 2.98. The van der Waals surface area contributed by atoms with Gasteiger partial charge >= 0.3 is 0 Å². The van der Waals surface area contributed by atoms with Gasteiger partial charge in [0.05, 0.1) is 27.4 Å². The van der Waals surface area contributed by atoms with E-state index in [-0.39, 0.29) is 11.9 Å². The van der Waals surface area contributed by atoms with Gasteiger partial charge in [0.1, 0.15) is 5.75 Å². The average molecular weight is 384 g/mol. The van der Waals surface area contributed by atoms with E-state index in [2.05, 4.69) is 28.4 Å². The molecule has 6 heteroatoms. The Hall–Kier alpha value is -2.73. The molecule has 0 radical (unpaired) electrons. The highest BCUT2D eigenvalue weighted by Gasteiger charge is 2.29. The fourth-order valence-corrected chi connectivity index (χ4v) is 3.71. The third-order valence-electron chi connectivity index (χ3n) is 5.20. The van der Waals surface area contributed by atoms with Gasteiger partial charge in [0.25, 0.3) is 0 Å². The van der Waals surface area contributed by atoms with Crippen molar-refractivity contribution in [3.05, 3.63) is 53.1 Å². The summed E-state index contributed by atoms with van der Waals surface area (Å²) in [5.41, 5.74) is 3.61. The summed E-state index contributed by atoms with van der Waals surface area (Å²) in [5.74, 6) is 2.26. The molecular formula is C22H28N2O4. The van der Waals surface area contributed by atoms with Crippen LogP contribution < -0.4 is 19.5 Å². The minimum Gasteiger partial charge on any atom is -0.497 e. The number of benzene rings is 2. The van der Waals surface area contributed by atoms with Crippen molar-refractivity contribution in [2.45, 2.75) is 25.9 Å². The topological polar surface area (TPSA) is 60.0 Å². The Bertz CT molecular complexity index is 820. The summed E-state index contributed by atoms with van der Waals surface area (Å²) < 4.78 is 16.2. The van der Waals surface area contributed by atoms with Crippen molar-refractivity contribution < 1.29 is 19.0 Å². The molecule has 1 aliphatic heterocycles. The highest BCUT2D eigenvalue weighted by atomic mass is 16.5. The van der Waals surface area contributed by atoms with Crippen LogP contribution in [0.5, 0.6) is 17.2 Å². The van der Waals surface area contributed by atoms with Crippen molar-refractivity contribution in [2.24, 2.45) is 0 Å². The molecule has 0 unspecified atom stereocenters. The Morgan fingerprint density at radius 1 is 1.07 bits per heavy atom. The fraction of sp³-hybridized carbons (Fsp3) is 0.409. The second-order valence-corrected chi connectivity index (χ2v) is 6.93. The first-order valence-electron chi connectivity index (χ1n) is 9.42. The van der Waals surface area contributed by atoms with Gasteiger partial charge in [-0.05, 0) is 47.4 Å². The molecular weight excluding hydrogens is 356 g/mol. The van der Waals surface area contributed by atoms with Crippen molar-refractivity contribution in [1.82, 2.24) is 10.2 Å². The first-order valence-corrected chi connectivity index (χ1v) is 9.42. The Kier molecular flexibility index (Phi) is 6.41. The molecule has 0 saturated carbocycles. The zero-order chi connectivity index (χ0) is 20.1. The van der Waals surface area contributed by atoms with E-state index in [1.54, 1.807) is 28.3 Å². The number of methoxy groups -OCH3 is 3. The van der Waals surface area contributed by atoms with Crippen LogP contribution in [0.1, 0.15) is 29.7 Å². The van der Waals surface area contributed by atoms with Gasteiger partial charge in [-0.15, -0.1) is 0 Å². The lowest BCUT2D eigenvalue weighted by molar-refractivity contribution is -0.119. The number of nitrogens with one attached hydrogen (secondary N) is 1. The fourth-order valence-electron chi connectivity index (χ4n) is 3.71. The summed E-state index contributed by atoms with van der Waals surface area (Å²) in [6.45, 7) is 3.79. The number of nitrogens with zero attached hydrogens (tertiary/aromatic N) is 1. The summed E-state index contributed by atoms with van der Waals surface area (Å²) in [7, 11) is 4.96.